The van der Waals surface area contributed by atoms with Crippen LogP contribution in [0, 0.1) is 5.92 Å². The normalized spacial score (nSPS) is 21.1. The maximum atomic E-state index is 12.1. The van der Waals surface area contributed by atoms with Gasteiger partial charge in [0.05, 0.1) is 0 Å². The first kappa shape index (κ1) is 12.7. The number of carbonyl (C=O) groups is 1. The first-order valence-corrected chi connectivity index (χ1v) is 7.29. The van der Waals surface area contributed by atoms with E-state index in [0.717, 1.165) is 56.8 Å². The number of carbonyl (C=O) groups excluding carboxylic acids is 1. The van der Waals surface area contributed by atoms with E-state index in [2.05, 4.69) is 11.0 Å². The second-order valence-electron chi connectivity index (χ2n) is 5.55. The third-order valence-corrected chi connectivity index (χ3v) is 4.20. The van der Waals surface area contributed by atoms with Crippen LogP contribution in [-0.4, -0.2) is 32.1 Å². The molecule has 2 heterocycles. The lowest BCUT2D eigenvalue weighted by atomic mass is 9.99. The number of hydrogen-bond donors (Lipinski definition) is 0. The van der Waals surface area contributed by atoms with Gasteiger partial charge in [-0.15, -0.1) is 0 Å². The molecule has 0 amide bonds. The number of Topliss-reactive ketones (excluding diaryl/α,β-unsaturated/α-hetero) is 1. The van der Waals surface area contributed by atoms with E-state index in [9.17, 15) is 4.79 Å². The third kappa shape index (κ3) is 2.81. The van der Waals surface area contributed by atoms with Gasteiger partial charge in [0.25, 0.3) is 0 Å². The van der Waals surface area contributed by atoms with E-state index in [0.29, 0.717) is 18.1 Å². The van der Waals surface area contributed by atoms with E-state index in [1.54, 1.807) is 0 Å². The number of benzene rings is 1. The molecular formula is C16H21NO2. The average molecular weight is 259 g/mol. The molecule has 102 valence electrons. The number of nitrogens with zero attached hydrogens (tertiary/aromatic N) is 1. The van der Waals surface area contributed by atoms with Gasteiger partial charge in [0.15, 0.2) is 5.78 Å². The predicted octanol–water partition coefficient (Wildman–Crippen LogP) is 2.90. The van der Waals surface area contributed by atoms with Crippen LogP contribution in [-0.2, 0) is 4.74 Å². The molecule has 0 bridgehead atoms. The molecule has 0 atom stereocenters. The Morgan fingerprint density at radius 3 is 2.84 bits per heavy atom. The Kier molecular flexibility index (Phi) is 3.83. The van der Waals surface area contributed by atoms with E-state index in [1.807, 2.05) is 18.2 Å². The summed E-state index contributed by atoms with van der Waals surface area (Å²) >= 11 is 0. The zero-order valence-corrected chi connectivity index (χ0v) is 11.3. The number of anilines is 1. The molecular weight excluding hydrogens is 238 g/mol. The van der Waals surface area contributed by atoms with Gasteiger partial charge in [0, 0.05) is 44.0 Å². The number of ketones is 1. The Morgan fingerprint density at radius 2 is 2.00 bits per heavy atom. The zero-order valence-electron chi connectivity index (χ0n) is 11.3. The van der Waals surface area contributed by atoms with Crippen LogP contribution in [0.4, 0.5) is 5.69 Å². The van der Waals surface area contributed by atoms with Crippen molar-refractivity contribution in [3.05, 3.63) is 29.8 Å². The molecule has 0 N–H and O–H groups in total. The van der Waals surface area contributed by atoms with Crippen LogP contribution in [0.3, 0.4) is 0 Å². The van der Waals surface area contributed by atoms with Gasteiger partial charge in [0.1, 0.15) is 0 Å². The number of fused-ring (bicyclic) bond motifs is 1. The molecule has 0 aromatic heterocycles. The number of ether oxygens (including phenoxy) is 1. The lowest BCUT2D eigenvalue weighted by molar-refractivity contribution is 0.0682. The van der Waals surface area contributed by atoms with Crippen LogP contribution in [0.1, 0.15) is 36.0 Å². The van der Waals surface area contributed by atoms with Crippen molar-refractivity contribution in [1.29, 1.82) is 0 Å². The quantitative estimate of drug-likeness (QED) is 0.818. The average Bonchev–Trinajstić information content (AvgIpc) is 2.61. The summed E-state index contributed by atoms with van der Waals surface area (Å²) in [4.78, 5) is 14.5. The molecule has 2 aliphatic rings. The van der Waals surface area contributed by atoms with Crippen molar-refractivity contribution >= 4 is 11.5 Å². The molecule has 0 radical (unpaired) electrons. The van der Waals surface area contributed by atoms with Gasteiger partial charge in [-0.1, -0.05) is 12.1 Å². The van der Waals surface area contributed by atoms with Gasteiger partial charge < -0.3 is 9.64 Å². The van der Waals surface area contributed by atoms with Crippen molar-refractivity contribution in [1.82, 2.24) is 0 Å². The molecule has 0 saturated carbocycles. The summed E-state index contributed by atoms with van der Waals surface area (Å²) in [5, 5.41) is 0. The second kappa shape index (κ2) is 5.74. The summed E-state index contributed by atoms with van der Waals surface area (Å²) in [7, 11) is 0. The minimum absolute atomic E-state index is 0.296. The first-order valence-electron chi connectivity index (χ1n) is 7.29. The lowest BCUT2D eigenvalue weighted by Crippen LogP contribution is -2.33. The molecule has 1 aromatic carbocycles. The van der Waals surface area contributed by atoms with Crippen LogP contribution in [0.5, 0.6) is 0 Å². The highest BCUT2D eigenvalue weighted by molar-refractivity contribution is 6.01. The summed E-state index contributed by atoms with van der Waals surface area (Å²) in [6, 6.07) is 8.07. The molecule has 3 nitrogen and oxygen atoms in total. The van der Waals surface area contributed by atoms with E-state index in [1.165, 1.54) is 0 Å². The smallest absolute Gasteiger partial charge is 0.165 e. The van der Waals surface area contributed by atoms with Gasteiger partial charge in [0.2, 0.25) is 0 Å². The Hall–Kier alpha value is -1.35. The minimum atomic E-state index is 0.296. The maximum absolute atomic E-state index is 12.1. The lowest BCUT2D eigenvalue weighted by Gasteiger charge is -2.31. The van der Waals surface area contributed by atoms with Crippen molar-refractivity contribution < 1.29 is 9.53 Å². The highest BCUT2D eigenvalue weighted by Gasteiger charge is 2.23. The summed E-state index contributed by atoms with van der Waals surface area (Å²) in [5.41, 5.74) is 2.04. The Balaban J connectivity index is 1.80. The van der Waals surface area contributed by atoms with Gasteiger partial charge in [-0.2, -0.15) is 0 Å². The van der Waals surface area contributed by atoms with Crippen molar-refractivity contribution in [3.8, 4) is 0 Å². The molecule has 0 aliphatic carbocycles. The largest absolute Gasteiger partial charge is 0.381 e. The van der Waals surface area contributed by atoms with E-state index in [-0.39, 0.29) is 0 Å². The first-order chi connectivity index (χ1) is 9.34. The molecule has 1 saturated heterocycles. The van der Waals surface area contributed by atoms with Gasteiger partial charge in [-0.25, -0.2) is 0 Å². The van der Waals surface area contributed by atoms with Crippen molar-refractivity contribution in [2.24, 2.45) is 5.92 Å². The van der Waals surface area contributed by atoms with Gasteiger partial charge in [-0.05, 0) is 37.3 Å². The Labute approximate surface area is 114 Å². The van der Waals surface area contributed by atoms with Crippen molar-refractivity contribution in [2.45, 2.75) is 25.7 Å². The molecule has 3 rings (SSSR count). The molecule has 1 aromatic rings. The van der Waals surface area contributed by atoms with Crippen LogP contribution in [0.25, 0.3) is 0 Å². The SMILES string of the molecule is O=C1CCCN(CC2CCOCC2)c2ccccc21. The fourth-order valence-corrected chi connectivity index (χ4v) is 3.10. The standard InChI is InChI=1S/C16H21NO2/c18-16-6-3-9-17(12-13-7-10-19-11-8-13)15-5-2-1-4-14(15)16/h1-2,4-5,13H,3,6-12H2. The Morgan fingerprint density at radius 1 is 1.21 bits per heavy atom. The van der Waals surface area contributed by atoms with Crippen molar-refractivity contribution in [3.63, 3.8) is 0 Å². The zero-order chi connectivity index (χ0) is 13.1. The summed E-state index contributed by atoms with van der Waals surface area (Å²) in [6.07, 6.45) is 3.94. The molecule has 3 heteroatoms. The van der Waals surface area contributed by atoms with Crippen LogP contribution in [0.15, 0.2) is 24.3 Å². The van der Waals surface area contributed by atoms with E-state index in [4.69, 9.17) is 4.74 Å². The summed E-state index contributed by atoms with van der Waals surface area (Å²) in [5.74, 6) is 1.00. The molecule has 2 aliphatic heterocycles. The predicted molar refractivity (Wildman–Crippen MR) is 75.8 cm³/mol. The van der Waals surface area contributed by atoms with Gasteiger partial charge in [-0.3, -0.25) is 4.79 Å². The fraction of sp³-hybridized carbons (Fsp3) is 0.562. The molecule has 0 spiro atoms. The maximum Gasteiger partial charge on any atom is 0.165 e. The van der Waals surface area contributed by atoms with Crippen LogP contribution in [0.2, 0.25) is 0 Å². The van der Waals surface area contributed by atoms with Crippen LogP contribution >= 0.6 is 0 Å². The topological polar surface area (TPSA) is 29.5 Å². The minimum Gasteiger partial charge on any atom is -0.381 e. The molecule has 0 unspecified atom stereocenters. The summed E-state index contributed by atoms with van der Waals surface area (Å²) in [6.45, 7) is 3.84. The molecule has 19 heavy (non-hydrogen) atoms. The van der Waals surface area contributed by atoms with Gasteiger partial charge >= 0.3 is 0 Å². The van der Waals surface area contributed by atoms with E-state index >= 15 is 0 Å². The number of hydrogen-bond acceptors (Lipinski definition) is 3. The monoisotopic (exact) mass is 259 g/mol. The number of para-hydroxylation sites is 1. The molecule has 1 fully saturated rings. The second-order valence-corrected chi connectivity index (χ2v) is 5.55. The van der Waals surface area contributed by atoms with Crippen LogP contribution < -0.4 is 4.90 Å². The summed E-state index contributed by atoms with van der Waals surface area (Å²) < 4.78 is 5.43. The highest BCUT2D eigenvalue weighted by atomic mass is 16.5. The highest BCUT2D eigenvalue weighted by Crippen LogP contribution is 2.28. The Bertz CT molecular complexity index is 452. The van der Waals surface area contributed by atoms with Crippen molar-refractivity contribution in [2.75, 3.05) is 31.2 Å². The number of rotatable bonds is 2. The van der Waals surface area contributed by atoms with E-state index < -0.39 is 0 Å². The fourth-order valence-electron chi connectivity index (χ4n) is 3.10. The third-order valence-electron chi connectivity index (χ3n) is 4.20.